The molecule has 37 heavy (non-hydrogen) atoms. The molecule has 0 atom stereocenters. The van der Waals surface area contributed by atoms with Gasteiger partial charge in [0, 0.05) is 41.9 Å². The van der Waals surface area contributed by atoms with Crippen molar-refractivity contribution in [1.82, 2.24) is 9.78 Å². The first-order chi connectivity index (χ1) is 17.4. The van der Waals surface area contributed by atoms with Crippen molar-refractivity contribution < 1.29 is 26.0 Å². The van der Waals surface area contributed by atoms with E-state index in [0.717, 1.165) is 24.6 Å². The number of sulfone groups is 2. The minimum absolute atomic E-state index is 0.0264. The van der Waals surface area contributed by atoms with E-state index in [9.17, 15) is 21.6 Å². The number of nitrogens with two attached hydrogens (primary N) is 1. The van der Waals surface area contributed by atoms with Gasteiger partial charge in [-0.25, -0.2) is 25.9 Å². The van der Waals surface area contributed by atoms with Crippen molar-refractivity contribution in [1.29, 1.82) is 0 Å². The van der Waals surface area contributed by atoms with Crippen LogP contribution >= 0.6 is 0 Å². The summed E-state index contributed by atoms with van der Waals surface area (Å²) in [5, 5.41) is 6.34. The molecule has 3 N–H and O–H groups in total. The summed E-state index contributed by atoms with van der Waals surface area (Å²) >= 11 is 0. The second-order valence-corrected chi connectivity index (χ2v) is 12.2. The predicted octanol–water partition coefficient (Wildman–Crippen LogP) is 3.20. The number of anilines is 1. The predicted molar refractivity (Wildman–Crippen MR) is 137 cm³/mol. The van der Waals surface area contributed by atoms with E-state index in [0.29, 0.717) is 11.3 Å². The van der Waals surface area contributed by atoms with E-state index in [1.165, 1.54) is 28.9 Å². The van der Waals surface area contributed by atoms with Crippen LogP contribution in [0.15, 0.2) is 82.7 Å². The van der Waals surface area contributed by atoms with E-state index in [4.69, 9.17) is 5.73 Å². The van der Waals surface area contributed by atoms with E-state index in [2.05, 4.69) is 10.4 Å². The molecule has 0 radical (unpaired) electrons. The molecule has 4 aromatic rings. The highest BCUT2D eigenvalue weighted by molar-refractivity contribution is 7.91. The second-order valence-electron chi connectivity index (χ2n) is 8.30. The van der Waals surface area contributed by atoms with Crippen LogP contribution in [-0.2, 0) is 26.2 Å². The zero-order valence-electron chi connectivity index (χ0n) is 19.8. The highest BCUT2D eigenvalue weighted by Crippen LogP contribution is 2.31. The average molecular weight is 543 g/mol. The molecule has 9 nitrogen and oxygen atoms in total. The van der Waals surface area contributed by atoms with Gasteiger partial charge in [0.25, 0.3) is 5.91 Å². The Morgan fingerprint density at radius 1 is 0.919 bits per heavy atom. The van der Waals surface area contributed by atoms with Crippen molar-refractivity contribution in [3.05, 3.63) is 89.9 Å². The molecular formula is C25H23FN4O5S2. The van der Waals surface area contributed by atoms with E-state index in [1.54, 1.807) is 36.4 Å². The van der Waals surface area contributed by atoms with Crippen molar-refractivity contribution in [3.8, 4) is 16.8 Å². The monoisotopic (exact) mass is 542 g/mol. The smallest absolute Gasteiger partial charge is 0.274 e. The highest BCUT2D eigenvalue weighted by Gasteiger charge is 2.23. The molecule has 0 aliphatic heterocycles. The molecule has 0 aliphatic rings. The number of nitrogens with one attached hydrogen (secondary N) is 1. The summed E-state index contributed by atoms with van der Waals surface area (Å²) in [4.78, 5) is 13.2. The minimum atomic E-state index is -3.75. The fourth-order valence-electron chi connectivity index (χ4n) is 3.79. The van der Waals surface area contributed by atoms with Gasteiger partial charge in [-0.3, -0.25) is 4.79 Å². The normalized spacial score (nSPS) is 11.9. The lowest BCUT2D eigenvalue weighted by molar-refractivity contribution is 0.101. The number of hydrogen-bond acceptors (Lipinski definition) is 7. The van der Waals surface area contributed by atoms with Crippen molar-refractivity contribution >= 4 is 31.3 Å². The lowest BCUT2D eigenvalue weighted by atomic mass is 10.0. The Morgan fingerprint density at radius 2 is 1.59 bits per heavy atom. The number of carbonyl (C=O) groups excluding carboxylic acids is 1. The summed E-state index contributed by atoms with van der Waals surface area (Å²) in [6.45, 7) is 0.118. The quantitative estimate of drug-likeness (QED) is 0.365. The topological polar surface area (TPSA) is 141 Å². The van der Waals surface area contributed by atoms with Crippen molar-refractivity contribution in [2.45, 2.75) is 16.5 Å². The van der Waals surface area contributed by atoms with Crippen LogP contribution in [-0.4, -0.2) is 45.0 Å². The van der Waals surface area contributed by atoms with E-state index in [-0.39, 0.29) is 39.0 Å². The third-order valence-corrected chi connectivity index (χ3v) is 7.66. The molecule has 0 unspecified atom stereocenters. The number of carbonyl (C=O) groups is 1. The van der Waals surface area contributed by atoms with Gasteiger partial charge in [-0.1, -0.05) is 36.4 Å². The summed E-state index contributed by atoms with van der Waals surface area (Å²) in [6.07, 6.45) is 2.01. The van der Waals surface area contributed by atoms with Crippen LogP contribution in [0.5, 0.6) is 0 Å². The summed E-state index contributed by atoms with van der Waals surface area (Å²) in [5.74, 6) is -1.49. The number of amides is 1. The fraction of sp³-hybridized carbons (Fsp3) is 0.120. The number of para-hydroxylation sites is 1. The van der Waals surface area contributed by atoms with E-state index < -0.39 is 31.4 Å². The molecule has 0 saturated carbocycles. The fourth-order valence-corrected chi connectivity index (χ4v) is 5.25. The highest BCUT2D eigenvalue weighted by atomic mass is 32.2. The maximum Gasteiger partial charge on any atom is 0.274 e. The van der Waals surface area contributed by atoms with Gasteiger partial charge in [0.2, 0.25) is 0 Å². The van der Waals surface area contributed by atoms with Crippen LogP contribution in [0, 0.1) is 5.82 Å². The van der Waals surface area contributed by atoms with Gasteiger partial charge >= 0.3 is 0 Å². The van der Waals surface area contributed by atoms with Crippen LogP contribution in [0.1, 0.15) is 16.1 Å². The van der Waals surface area contributed by atoms with Crippen molar-refractivity contribution in [2.24, 2.45) is 5.73 Å². The van der Waals surface area contributed by atoms with E-state index >= 15 is 4.39 Å². The molecule has 1 heterocycles. The summed E-state index contributed by atoms with van der Waals surface area (Å²) in [5.41, 5.74) is 7.05. The molecule has 1 aromatic heterocycles. The molecule has 192 valence electrons. The van der Waals surface area contributed by atoms with Crippen LogP contribution in [0.2, 0.25) is 0 Å². The van der Waals surface area contributed by atoms with Gasteiger partial charge in [0.1, 0.15) is 11.5 Å². The molecular weight excluding hydrogens is 519 g/mol. The number of hydrogen-bond donors (Lipinski definition) is 2. The average Bonchev–Trinajstić information content (AvgIpc) is 3.30. The van der Waals surface area contributed by atoms with Crippen molar-refractivity contribution in [3.63, 3.8) is 0 Å². The van der Waals surface area contributed by atoms with Crippen molar-refractivity contribution in [2.75, 3.05) is 17.8 Å². The van der Waals surface area contributed by atoms with Crippen LogP contribution in [0.4, 0.5) is 10.1 Å². The summed E-state index contributed by atoms with van der Waals surface area (Å²) in [6, 6.07) is 17.8. The van der Waals surface area contributed by atoms with Crippen LogP contribution < -0.4 is 11.1 Å². The van der Waals surface area contributed by atoms with Gasteiger partial charge < -0.3 is 11.1 Å². The second kappa shape index (κ2) is 9.88. The molecule has 3 aromatic carbocycles. The number of halogens is 1. The van der Waals surface area contributed by atoms with E-state index in [1.807, 2.05) is 0 Å². The molecule has 0 bridgehead atoms. The third kappa shape index (κ3) is 5.45. The first kappa shape index (κ1) is 26.2. The molecule has 1 amide bonds. The zero-order chi connectivity index (χ0) is 27.0. The first-order valence-corrected chi connectivity index (χ1v) is 14.7. The molecule has 12 heteroatoms. The minimum Gasteiger partial charge on any atom is -0.326 e. The number of benzene rings is 3. The zero-order valence-corrected chi connectivity index (χ0v) is 21.5. The molecule has 0 spiro atoms. The number of nitrogens with zero attached hydrogens (tertiary/aromatic N) is 2. The Morgan fingerprint density at radius 3 is 2.24 bits per heavy atom. The lowest BCUT2D eigenvalue weighted by Crippen LogP contribution is -2.18. The standard InChI is InChI=1S/C25H23FN4O5S2/c1-36(32,33)23-10-6-4-8-19(23)18-12-11-17(13-20(18)26)28-25(31)22-14-24(37(2,34)35)29-30(22)21-9-5-3-7-16(21)15-27/h3-14H,15,27H2,1-2H3,(H,28,31). The number of rotatable bonds is 7. The first-order valence-electron chi connectivity index (χ1n) is 10.9. The molecule has 0 saturated heterocycles. The largest absolute Gasteiger partial charge is 0.326 e. The molecule has 0 fully saturated rings. The number of aromatic nitrogens is 2. The Hall–Kier alpha value is -3.87. The van der Waals surface area contributed by atoms with Crippen LogP contribution in [0.25, 0.3) is 16.8 Å². The Kier molecular flexibility index (Phi) is 7.00. The maximum atomic E-state index is 15.1. The third-order valence-electron chi connectivity index (χ3n) is 5.54. The Labute approximate surface area is 213 Å². The van der Waals surface area contributed by atoms with Crippen LogP contribution in [0.3, 0.4) is 0 Å². The van der Waals surface area contributed by atoms with Gasteiger partial charge in [-0.15, -0.1) is 0 Å². The Bertz CT molecular complexity index is 1730. The molecule has 0 aliphatic carbocycles. The van der Waals surface area contributed by atoms with Gasteiger partial charge in [-0.05, 0) is 35.9 Å². The van der Waals surface area contributed by atoms with Gasteiger partial charge in [0.15, 0.2) is 24.7 Å². The Balaban J connectivity index is 1.73. The SMILES string of the molecule is CS(=O)(=O)c1cc(C(=O)Nc2ccc(-c3ccccc3S(C)(=O)=O)c(F)c2)n(-c2ccccc2CN)n1. The van der Waals surface area contributed by atoms with Gasteiger partial charge in [-0.2, -0.15) is 5.10 Å². The lowest BCUT2D eigenvalue weighted by Gasteiger charge is -2.13. The van der Waals surface area contributed by atoms with Gasteiger partial charge in [0.05, 0.1) is 10.6 Å². The molecule has 4 rings (SSSR count). The summed E-state index contributed by atoms with van der Waals surface area (Å²) in [7, 11) is -7.36. The maximum absolute atomic E-state index is 15.1. The summed E-state index contributed by atoms with van der Waals surface area (Å²) < 4.78 is 64.9.